The van der Waals surface area contributed by atoms with Gasteiger partial charge in [-0.2, -0.15) is 16.4 Å². The smallest absolute Gasteiger partial charge is 0.271 e. The summed E-state index contributed by atoms with van der Waals surface area (Å²) >= 11 is 1.59. The minimum absolute atomic E-state index is 0.236. The molecule has 1 N–H and O–H groups in total. The average Bonchev–Trinajstić information content (AvgIpc) is 3.20. The molecule has 144 valence electrons. The third-order valence-electron chi connectivity index (χ3n) is 4.32. The van der Waals surface area contributed by atoms with Crippen molar-refractivity contribution < 1.29 is 9.53 Å². The Bertz CT molecular complexity index is 945. The topological polar surface area (TPSA) is 50.7 Å². The Morgan fingerprint density at radius 2 is 1.96 bits per heavy atom. The van der Waals surface area contributed by atoms with Crippen LogP contribution in [0, 0.1) is 6.92 Å². The molecule has 1 aromatic heterocycles. The number of amides is 1. The van der Waals surface area contributed by atoms with Gasteiger partial charge in [0.25, 0.3) is 5.91 Å². The van der Waals surface area contributed by atoms with E-state index in [0.717, 1.165) is 16.9 Å². The van der Waals surface area contributed by atoms with Crippen molar-refractivity contribution in [3.05, 3.63) is 87.1 Å². The van der Waals surface area contributed by atoms with Crippen molar-refractivity contribution in [1.29, 1.82) is 0 Å². The average molecular weight is 393 g/mol. The molecule has 0 fully saturated rings. The van der Waals surface area contributed by atoms with Gasteiger partial charge < -0.3 is 4.74 Å². The number of benzene rings is 2. The fourth-order valence-electron chi connectivity index (χ4n) is 2.74. The highest BCUT2D eigenvalue weighted by Gasteiger charge is 2.09. The fraction of sp³-hybridized carbons (Fsp3) is 0.217. The molecule has 4 nitrogen and oxygen atoms in total. The molecule has 0 atom stereocenters. The number of aryl methyl sites for hydroxylation is 1. The maximum absolute atomic E-state index is 12.2. The molecule has 0 aliphatic rings. The number of ether oxygens (including phenoxy) is 1. The number of carbonyl (C=O) groups is 1. The summed E-state index contributed by atoms with van der Waals surface area (Å²) in [6, 6.07) is 15.6. The predicted molar refractivity (Wildman–Crippen MR) is 115 cm³/mol. The molecule has 3 aromatic rings. The minimum atomic E-state index is -0.236. The Labute approximate surface area is 169 Å². The van der Waals surface area contributed by atoms with Crippen molar-refractivity contribution in [1.82, 2.24) is 5.43 Å². The van der Waals surface area contributed by atoms with Gasteiger partial charge in [-0.3, -0.25) is 4.79 Å². The molecule has 0 saturated carbocycles. The summed E-state index contributed by atoms with van der Waals surface area (Å²) in [6.07, 6.45) is 1.63. The van der Waals surface area contributed by atoms with Gasteiger partial charge in [0.05, 0.1) is 6.21 Å². The Balaban J connectivity index is 1.59. The van der Waals surface area contributed by atoms with E-state index in [-0.39, 0.29) is 5.91 Å². The van der Waals surface area contributed by atoms with E-state index < -0.39 is 0 Å². The summed E-state index contributed by atoms with van der Waals surface area (Å²) in [7, 11) is 0. The first-order chi connectivity index (χ1) is 13.5. The maximum Gasteiger partial charge on any atom is 0.271 e. The first-order valence-corrected chi connectivity index (χ1v) is 10.1. The monoisotopic (exact) mass is 392 g/mol. The lowest BCUT2D eigenvalue weighted by Gasteiger charge is -2.15. The molecule has 28 heavy (non-hydrogen) atoms. The summed E-state index contributed by atoms with van der Waals surface area (Å²) < 4.78 is 6.05. The molecule has 0 radical (unpaired) electrons. The van der Waals surface area contributed by atoms with Gasteiger partial charge in [0.1, 0.15) is 12.4 Å². The van der Waals surface area contributed by atoms with Crippen LogP contribution < -0.4 is 10.2 Å². The van der Waals surface area contributed by atoms with Crippen LogP contribution in [0.4, 0.5) is 0 Å². The van der Waals surface area contributed by atoms with Crippen LogP contribution in [0.3, 0.4) is 0 Å². The van der Waals surface area contributed by atoms with Crippen LogP contribution in [0.2, 0.25) is 0 Å². The van der Waals surface area contributed by atoms with Crippen LogP contribution in [0.25, 0.3) is 0 Å². The normalized spacial score (nSPS) is 11.1. The quantitative estimate of drug-likeness (QED) is 0.425. The van der Waals surface area contributed by atoms with Crippen LogP contribution in [0.15, 0.2) is 64.4 Å². The van der Waals surface area contributed by atoms with E-state index in [1.807, 2.05) is 29.0 Å². The molecule has 0 aliphatic heterocycles. The van der Waals surface area contributed by atoms with Crippen LogP contribution in [-0.2, 0) is 6.61 Å². The first-order valence-electron chi connectivity index (χ1n) is 9.21. The van der Waals surface area contributed by atoms with Crippen molar-refractivity contribution in [2.24, 2.45) is 5.10 Å². The van der Waals surface area contributed by atoms with Crippen molar-refractivity contribution >= 4 is 23.5 Å². The van der Waals surface area contributed by atoms with Crippen molar-refractivity contribution in [3.63, 3.8) is 0 Å². The standard InChI is InChI=1S/C23H24N2O2S/c1-16(2)21-9-4-17(3)12-22(21)27-14-18-5-7-20(8-6-18)23(26)25-24-13-19-10-11-28-15-19/h4-13,15-16H,14H2,1-3H3,(H,25,26). The van der Waals surface area contributed by atoms with Gasteiger partial charge in [0.15, 0.2) is 0 Å². The number of nitrogens with zero attached hydrogens (tertiary/aromatic N) is 1. The highest BCUT2D eigenvalue weighted by Crippen LogP contribution is 2.28. The number of hydrogen-bond donors (Lipinski definition) is 1. The van der Waals surface area contributed by atoms with E-state index in [4.69, 9.17) is 4.74 Å². The van der Waals surface area contributed by atoms with Gasteiger partial charge in [-0.05, 0) is 64.6 Å². The van der Waals surface area contributed by atoms with Crippen LogP contribution in [-0.4, -0.2) is 12.1 Å². The van der Waals surface area contributed by atoms with Gasteiger partial charge in [0, 0.05) is 11.1 Å². The predicted octanol–water partition coefficient (Wildman–Crippen LogP) is 5.52. The number of carbonyl (C=O) groups excluding carboxylic acids is 1. The molecule has 1 amide bonds. The zero-order valence-corrected chi connectivity index (χ0v) is 17.1. The molecule has 5 heteroatoms. The minimum Gasteiger partial charge on any atom is -0.489 e. The number of rotatable bonds is 7. The second kappa shape index (κ2) is 9.33. The van der Waals surface area contributed by atoms with Gasteiger partial charge in [-0.25, -0.2) is 5.43 Å². The number of thiophene rings is 1. The molecule has 1 heterocycles. The highest BCUT2D eigenvalue weighted by molar-refractivity contribution is 7.08. The van der Waals surface area contributed by atoms with Crippen LogP contribution >= 0.6 is 11.3 Å². The van der Waals surface area contributed by atoms with Crippen molar-refractivity contribution in [3.8, 4) is 5.75 Å². The van der Waals surface area contributed by atoms with E-state index in [0.29, 0.717) is 18.1 Å². The second-order valence-corrected chi connectivity index (χ2v) is 7.72. The molecular formula is C23H24N2O2S. The molecule has 3 rings (SSSR count). The van der Waals surface area contributed by atoms with Gasteiger partial charge in [0.2, 0.25) is 0 Å². The molecular weight excluding hydrogens is 368 g/mol. The maximum atomic E-state index is 12.2. The number of nitrogens with one attached hydrogen (secondary N) is 1. The third-order valence-corrected chi connectivity index (χ3v) is 5.03. The summed E-state index contributed by atoms with van der Waals surface area (Å²) in [4.78, 5) is 12.2. The van der Waals surface area contributed by atoms with Gasteiger partial charge in [-0.15, -0.1) is 0 Å². The third kappa shape index (κ3) is 5.30. The Hall–Kier alpha value is -2.92. The Kier molecular flexibility index (Phi) is 6.61. The summed E-state index contributed by atoms with van der Waals surface area (Å²) in [6.45, 7) is 6.84. The lowest BCUT2D eigenvalue weighted by molar-refractivity contribution is 0.0955. The van der Waals surface area contributed by atoms with Crippen molar-refractivity contribution in [2.45, 2.75) is 33.3 Å². The molecule has 2 aromatic carbocycles. The largest absolute Gasteiger partial charge is 0.489 e. The van der Waals surface area contributed by atoms with Gasteiger partial charge >= 0.3 is 0 Å². The second-order valence-electron chi connectivity index (χ2n) is 6.94. The van der Waals surface area contributed by atoms with Crippen LogP contribution in [0.5, 0.6) is 5.75 Å². The first kappa shape index (κ1) is 19.8. The Morgan fingerprint density at radius 3 is 2.64 bits per heavy atom. The zero-order valence-electron chi connectivity index (χ0n) is 16.3. The highest BCUT2D eigenvalue weighted by atomic mass is 32.1. The van der Waals surface area contributed by atoms with E-state index in [1.54, 1.807) is 29.7 Å². The van der Waals surface area contributed by atoms with E-state index in [9.17, 15) is 4.79 Å². The SMILES string of the molecule is Cc1ccc(C(C)C)c(OCc2ccc(C(=O)NN=Cc3ccsc3)cc2)c1. The van der Waals surface area contributed by atoms with E-state index in [1.165, 1.54) is 11.1 Å². The summed E-state index contributed by atoms with van der Waals surface area (Å²) in [5.41, 5.74) is 7.46. The lowest BCUT2D eigenvalue weighted by Crippen LogP contribution is -2.17. The molecule has 0 aliphatic carbocycles. The fourth-order valence-corrected chi connectivity index (χ4v) is 3.35. The summed E-state index contributed by atoms with van der Waals surface area (Å²) in [5, 5.41) is 7.91. The summed E-state index contributed by atoms with van der Waals surface area (Å²) in [5.74, 6) is 1.08. The van der Waals surface area contributed by atoms with E-state index in [2.05, 4.69) is 49.5 Å². The molecule has 0 bridgehead atoms. The van der Waals surface area contributed by atoms with Crippen molar-refractivity contribution in [2.75, 3.05) is 0 Å². The zero-order chi connectivity index (χ0) is 19.9. The van der Waals surface area contributed by atoms with Gasteiger partial charge in [-0.1, -0.05) is 38.1 Å². The lowest BCUT2D eigenvalue weighted by atomic mass is 10.0. The molecule has 0 spiro atoms. The Morgan fingerprint density at radius 1 is 1.18 bits per heavy atom. The van der Waals surface area contributed by atoms with E-state index >= 15 is 0 Å². The number of hydrogen-bond acceptors (Lipinski definition) is 4. The molecule has 0 unspecified atom stereocenters. The molecule has 0 saturated heterocycles. The number of hydrazone groups is 1. The van der Waals surface area contributed by atoms with Crippen LogP contribution in [0.1, 0.15) is 52.4 Å².